The second-order valence-corrected chi connectivity index (χ2v) is 3.30. The summed E-state index contributed by atoms with van der Waals surface area (Å²) < 4.78 is 0. The lowest BCUT2D eigenvalue weighted by Gasteiger charge is -2.15. The number of allylic oxidation sites excluding steroid dienone is 4. The molecule has 1 rings (SSSR count). The zero-order valence-corrected chi connectivity index (χ0v) is 8.19. The molecular formula is C11H19N. The molecular weight excluding hydrogens is 146 g/mol. The van der Waals surface area contributed by atoms with Gasteiger partial charge in [-0.15, -0.1) is 0 Å². The summed E-state index contributed by atoms with van der Waals surface area (Å²) in [5, 5.41) is 3.29. The molecule has 0 spiro atoms. The maximum Gasteiger partial charge on any atom is 0.0139 e. The summed E-state index contributed by atoms with van der Waals surface area (Å²) in [6, 6.07) is 0. The van der Waals surface area contributed by atoms with Crippen LogP contribution in [0.1, 0.15) is 39.0 Å². The van der Waals surface area contributed by atoms with E-state index < -0.39 is 0 Å². The number of hydrogen-bond donors (Lipinski definition) is 1. The Morgan fingerprint density at radius 3 is 3.00 bits per heavy atom. The molecule has 0 radical (unpaired) electrons. The van der Waals surface area contributed by atoms with Gasteiger partial charge in [-0.25, -0.2) is 0 Å². The third kappa shape index (κ3) is 2.40. The molecule has 1 heteroatoms. The van der Waals surface area contributed by atoms with Crippen molar-refractivity contribution >= 4 is 0 Å². The van der Waals surface area contributed by atoms with Crippen LogP contribution in [-0.4, -0.2) is 7.05 Å². The van der Waals surface area contributed by atoms with E-state index in [-0.39, 0.29) is 0 Å². The van der Waals surface area contributed by atoms with Gasteiger partial charge in [-0.05, 0) is 31.3 Å². The number of unbranched alkanes of at least 4 members (excludes halogenated alkanes) is 1. The summed E-state index contributed by atoms with van der Waals surface area (Å²) in [6.45, 7) is 2.24. The van der Waals surface area contributed by atoms with Crippen molar-refractivity contribution in [1.29, 1.82) is 0 Å². The third-order valence-corrected chi connectivity index (χ3v) is 2.37. The van der Waals surface area contributed by atoms with Gasteiger partial charge in [-0.3, -0.25) is 0 Å². The molecule has 0 saturated carbocycles. The van der Waals surface area contributed by atoms with Gasteiger partial charge in [0.15, 0.2) is 0 Å². The Bertz CT molecular complexity index is 189. The first-order valence-electron chi connectivity index (χ1n) is 4.94. The van der Waals surface area contributed by atoms with Crippen molar-refractivity contribution in [2.24, 2.45) is 0 Å². The molecule has 0 aliphatic heterocycles. The second-order valence-electron chi connectivity index (χ2n) is 3.30. The first kappa shape index (κ1) is 9.37. The van der Waals surface area contributed by atoms with Crippen molar-refractivity contribution in [3.8, 4) is 0 Å². The Morgan fingerprint density at radius 1 is 1.50 bits per heavy atom. The van der Waals surface area contributed by atoms with Gasteiger partial charge < -0.3 is 5.32 Å². The van der Waals surface area contributed by atoms with Crippen LogP contribution in [0.25, 0.3) is 0 Å². The summed E-state index contributed by atoms with van der Waals surface area (Å²) in [5.74, 6) is 0. The van der Waals surface area contributed by atoms with Gasteiger partial charge in [0, 0.05) is 12.7 Å². The first-order valence-corrected chi connectivity index (χ1v) is 4.94. The Hall–Kier alpha value is -0.720. The van der Waals surface area contributed by atoms with Gasteiger partial charge in [0.1, 0.15) is 0 Å². The van der Waals surface area contributed by atoms with Crippen LogP contribution in [0.2, 0.25) is 0 Å². The molecule has 0 saturated heterocycles. The zero-order valence-electron chi connectivity index (χ0n) is 8.19. The second kappa shape index (κ2) is 5.02. The van der Waals surface area contributed by atoms with Crippen molar-refractivity contribution in [2.45, 2.75) is 39.0 Å². The first-order chi connectivity index (χ1) is 5.88. The van der Waals surface area contributed by atoms with E-state index in [9.17, 15) is 0 Å². The van der Waals surface area contributed by atoms with Crippen molar-refractivity contribution in [3.63, 3.8) is 0 Å². The topological polar surface area (TPSA) is 12.0 Å². The molecule has 0 aromatic rings. The Kier molecular flexibility index (Phi) is 3.92. The molecule has 0 amide bonds. The fourth-order valence-corrected chi connectivity index (χ4v) is 1.60. The van der Waals surface area contributed by atoms with Gasteiger partial charge in [0.2, 0.25) is 0 Å². The Labute approximate surface area is 75.6 Å². The summed E-state index contributed by atoms with van der Waals surface area (Å²) >= 11 is 0. The quantitative estimate of drug-likeness (QED) is 0.675. The van der Waals surface area contributed by atoms with E-state index in [1.165, 1.54) is 43.4 Å². The normalized spacial score (nSPS) is 16.8. The molecule has 1 aliphatic rings. The lowest BCUT2D eigenvalue weighted by Crippen LogP contribution is -2.10. The average molecular weight is 165 g/mol. The molecule has 0 aromatic carbocycles. The minimum atomic E-state index is 1.20. The van der Waals surface area contributed by atoms with Crippen LogP contribution in [0.3, 0.4) is 0 Å². The van der Waals surface area contributed by atoms with Crippen LogP contribution in [-0.2, 0) is 0 Å². The standard InChI is InChI=1S/C11H19N/c1-3-4-7-10-8-5-6-9-11(10)12-2/h5,8,12H,3-4,6-7,9H2,1-2H3. The number of nitrogens with one attached hydrogen (secondary N) is 1. The van der Waals surface area contributed by atoms with Crippen LogP contribution in [0, 0.1) is 0 Å². The van der Waals surface area contributed by atoms with Crippen LogP contribution in [0.4, 0.5) is 0 Å². The van der Waals surface area contributed by atoms with Gasteiger partial charge in [-0.1, -0.05) is 25.5 Å². The SMILES string of the molecule is CCCCC1=C(NC)CCC=C1. The molecule has 0 aromatic heterocycles. The van der Waals surface area contributed by atoms with Crippen LogP contribution in [0.5, 0.6) is 0 Å². The molecule has 0 heterocycles. The highest BCUT2D eigenvalue weighted by molar-refractivity contribution is 5.28. The maximum atomic E-state index is 3.29. The van der Waals surface area contributed by atoms with Gasteiger partial charge in [0.05, 0.1) is 0 Å². The van der Waals surface area contributed by atoms with E-state index >= 15 is 0 Å². The lowest BCUT2D eigenvalue weighted by atomic mass is 9.99. The summed E-state index contributed by atoms with van der Waals surface area (Å²) in [6.07, 6.45) is 10.8. The van der Waals surface area contributed by atoms with Crippen molar-refractivity contribution in [2.75, 3.05) is 7.05 Å². The van der Waals surface area contributed by atoms with Crippen molar-refractivity contribution in [1.82, 2.24) is 5.32 Å². The fraction of sp³-hybridized carbons (Fsp3) is 0.636. The highest BCUT2D eigenvalue weighted by Gasteiger charge is 2.05. The summed E-state index contributed by atoms with van der Waals surface area (Å²) in [7, 11) is 2.03. The van der Waals surface area contributed by atoms with E-state index in [1.54, 1.807) is 0 Å². The maximum absolute atomic E-state index is 3.29. The van der Waals surface area contributed by atoms with E-state index in [1.807, 2.05) is 7.05 Å². The predicted octanol–water partition coefficient (Wildman–Crippen LogP) is 3.00. The summed E-state index contributed by atoms with van der Waals surface area (Å²) in [4.78, 5) is 0. The molecule has 12 heavy (non-hydrogen) atoms. The highest BCUT2D eigenvalue weighted by Crippen LogP contribution is 2.20. The molecule has 68 valence electrons. The van der Waals surface area contributed by atoms with E-state index in [4.69, 9.17) is 0 Å². The molecule has 0 atom stereocenters. The van der Waals surface area contributed by atoms with Gasteiger partial charge in [0.25, 0.3) is 0 Å². The fourth-order valence-electron chi connectivity index (χ4n) is 1.60. The van der Waals surface area contributed by atoms with Crippen LogP contribution in [0.15, 0.2) is 23.4 Å². The lowest BCUT2D eigenvalue weighted by molar-refractivity contribution is 0.748. The van der Waals surface area contributed by atoms with Crippen LogP contribution >= 0.6 is 0 Å². The van der Waals surface area contributed by atoms with Crippen molar-refractivity contribution in [3.05, 3.63) is 23.4 Å². The Morgan fingerprint density at radius 2 is 2.33 bits per heavy atom. The van der Waals surface area contributed by atoms with Gasteiger partial charge >= 0.3 is 0 Å². The molecule has 0 fully saturated rings. The van der Waals surface area contributed by atoms with Crippen molar-refractivity contribution < 1.29 is 0 Å². The zero-order chi connectivity index (χ0) is 8.81. The molecule has 1 aliphatic carbocycles. The minimum absolute atomic E-state index is 1.20. The van der Waals surface area contributed by atoms with Gasteiger partial charge in [-0.2, -0.15) is 0 Å². The average Bonchev–Trinajstić information content (AvgIpc) is 2.15. The van der Waals surface area contributed by atoms with E-state index in [2.05, 4.69) is 24.4 Å². The largest absolute Gasteiger partial charge is 0.391 e. The monoisotopic (exact) mass is 165 g/mol. The number of rotatable bonds is 4. The Balaban J connectivity index is 2.55. The van der Waals surface area contributed by atoms with E-state index in [0.717, 1.165) is 0 Å². The number of hydrogen-bond acceptors (Lipinski definition) is 1. The minimum Gasteiger partial charge on any atom is -0.391 e. The smallest absolute Gasteiger partial charge is 0.0139 e. The molecule has 1 nitrogen and oxygen atoms in total. The van der Waals surface area contributed by atoms with Crippen LogP contribution < -0.4 is 5.32 Å². The summed E-state index contributed by atoms with van der Waals surface area (Å²) in [5.41, 5.74) is 2.97. The molecule has 1 N–H and O–H groups in total. The molecule has 0 bridgehead atoms. The highest BCUT2D eigenvalue weighted by atomic mass is 14.8. The van der Waals surface area contributed by atoms with E-state index in [0.29, 0.717) is 0 Å². The predicted molar refractivity (Wildman–Crippen MR) is 54.0 cm³/mol. The third-order valence-electron chi connectivity index (χ3n) is 2.37. The molecule has 0 unspecified atom stereocenters.